The van der Waals surface area contributed by atoms with Crippen molar-refractivity contribution in [1.29, 1.82) is 0 Å². The Bertz CT molecular complexity index is 2750. The third kappa shape index (κ3) is 4.20. The van der Waals surface area contributed by atoms with Crippen molar-refractivity contribution in [2.45, 2.75) is 19.3 Å². The molecule has 0 aliphatic heterocycles. The lowest BCUT2D eigenvalue weighted by molar-refractivity contribution is 0.660. The van der Waals surface area contributed by atoms with E-state index in [1.54, 1.807) is 0 Å². The maximum atomic E-state index is 6.63. The smallest absolute Gasteiger partial charge is 0.136 e. The topological polar surface area (TPSA) is 16.4 Å². The van der Waals surface area contributed by atoms with E-state index >= 15 is 0 Å². The molecule has 0 atom stereocenters. The fourth-order valence-corrected chi connectivity index (χ4v) is 8.20. The second kappa shape index (κ2) is 10.4. The summed E-state index contributed by atoms with van der Waals surface area (Å²) in [6.45, 7) is 4.70. The maximum absolute atomic E-state index is 6.63. The van der Waals surface area contributed by atoms with Gasteiger partial charge in [0, 0.05) is 33.1 Å². The molecule has 2 nitrogen and oxygen atoms in total. The molecule has 0 fully saturated rings. The second-order valence-electron chi connectivity index (χ2n) is 13.8. The van der Waals surface area contributed by atoms with Crippen molar-refractivity contribution in [3.05, 3.63) is 175 Å². The minimum atomic E-state index is -0.120. The van der Waals surface area contributed by atoms with Crippen molar-refractivity contribution in [2.24, 2.45) is 0 Å². The van der Waals surface area contributed by atoms with Crippen molar-refractivity contribution in [3.8, 4) is 22.3 Å². The number of rotatable bonds is 4. The van der Waals surface area contributed by atoms with E-state index in [2.05, 4.69) is 183 Å². The van der Waals surface area contributed by atoms with Crippen LogP contribution in [0.5, 0.6) is 0 Å². The van der Waals surface area contributed by atoms with E-state index in [4.69, 9.17) is 4.42 Å². The van der Waals surface area contributed by atoms with E-state index in [0.29, 0.717) is 0 Å². The zero-order valence-corrected chi connectivity index (χ0v) is 27.4. The Hall–Kier alpha value is -6.12. The number of fused-ring (bicyclic) bond motifs is 8. The molecule has 0 N–H and O–H groups in total. The van der Waals surface area contributed by atoms with Gasteiger partial charge in [0.15, 0.2) is 0 Å². The van der Waals surface area contributed by atoms with Crippen LogP contribution in [-0.2, 0) is 5.41 Å². The van der Waals surface area contributed by atoms with Crippen LogP contribution >= 0.6 is 0 Å². The van der Waals surface area contributed by atoms with Crippen molar-refractivity contribution in [3.63, 3.8) is 0 Å². The number of furan rings is 1. The molecule has 0 radical (unpaired) electrons. The average molecular weight is 628 g/mol. The Balaban J connectivity index is 1.30. The predicted octanol–water partition coefficient (Wildman–Crippen LogP) is 13.3. The Labute approximate surface area is 285 Å². The largest absolute Gasteiger partial charge is 0.456 e. The molecule has 232 valence electrons. The first-order valence-electron chi connectivity index (χ1n) is 17.0. The molecule has 1 aromatic heterocycles. The van der Waals surface area contributed by atoms with Gasteiger partial charge >= 0.3 is 0 Å². The molecule has 0 saturated carbocycles. The minimum absolute atomic E-state index is 0.120. The molecular formula is C47H33NO. The summed E-state index contributed by atoms with van der Waals surface area (Å²) in [5.41, 5.74) is 12.7. The fourth-order valence-electron chi connectivity index (χ4n) is 8.20. The first kappa shape index (κ1) is 27.9. The van der Waals surface area contributed by atoms with E-state index < -0.39 is 0 Å². The van der Waals surface area contributed by atoms with Gasteiger partial charge in [-0.1, -0.05) is 129 Å². The highest BCUT2D eigenvalue weighted by molar-refractivity contribution is 6.18. The normalized spacial score (nSPS) is 13.3. The molecule has 10 rings (SSSR count). The fraction of sp³-hybridized carbons (Fsp3) is 0.0638. The monoisotopic (exact) mass is 627 g/mol. The Morgan fingerprint density at radius 2 is 1.10 bits per heavy atom. The van der Waals surface area contributed by atoms with Crippen molar-refractivity contribution in [1.82, 2.24) is 0 Å². The van der Waals surface area contributed by atoms with Crippen LogP contribution in [0.25, 0.3) is 65.7 Å². The standard InChI is InChI=1S/C47H33NO/c1-47(2)40-19-11-10-18-37(40)38-23-22-36(29-41(38)47)48(35-21-20-30-12-6-7-15-32(30)26-35)42-24-25-43-46(45(42)31-13-4-3-5-14-31)39-27-33-16-8-9-17-34(33)28-44(39)49-43/h3-29H,1-2H3. The number of hydrogen-bond acceptors (Lipinski definition) is 2. The first-order valence-corrected chi connectivity index (χ1v) is 17.0. The Morgan fingerprint density at radius 3 is 1.92 bits per heavy atom. The highest BCUT2D eigenvalue weighted by Crippen LogP contribution is 2.52. The number of nitrogens with zero attached hydrogens (tertiary/aromatic N) is 1. The molecule has 8 aromatic carbocycles. The summed E-state index contributed by atoms with van der Waals surface area (Å²) in [5, 5.41) is 7.07. The maximum Gasteiger partial charge on any atom is 0.136 e. The molecule has 1 heterocycles. The summed E-state index contributed by atoms with van der Waals surface area (Å²) in [6.07, 6.45) is 0. The van der Waals surface area contributed by atoms with Gasteiger partial charge in [-0.15, -0.1) is 0 Å². The van der Waals surface area contributed by atoms with Crippen LogP contribution in [-0.4, -0.2) is 0 Å². The van der Waals surface area contributed by atoms with Gasteiger partial charge in [-0.3, -0.25) is 0 Å². The third-order valence-corrected chi connectivity index (χ3v) is 10.6. The minimum Gasteiger partial charge on any atom is -0.456 e. The Morgan fingerprint density at radius 1 is 0.469 bits per heavy atom. The van der Waals surface area contributed by atoms with Crippen LogP contribution in [0, 0.1) is 0 Å². The van der Waals surface area contributed by atoms with E-state index in [1.807, 2.05) is 0 Å². The summed E-state index contributed by atoms with van der Waals surface area (Å²) < 4.78 is 6.63. The molecule has 0 saturated heterocycles. The molecule has 0 bridgehead atoms. The van der Waals surface area contributed by atoms with E-state index in [9.17, 15) is 0 Å². The van der Waals surface area contributed by atoms with Crippen molar-refractivity contribution < 1.29 is 4.42 Å². The van der Waals surface area contributed by atoms with Crippen LogP contribution in [0.2, 0.25) is 0 Å². The van der Waals surface area contributed by atoms with Gasteiger partial charge in [-0.2, -0.15) is 0 Å². The highest BCUT2D eigenvalue weighted by Gasteiger charge is 2.36. The predicted molar refractivity (Wildman–Crippen MR) is 206 cm³/mol. The molecule has 1 aliphatic carbocycles. The van der Waals surface area contributed by atoms with Gasteiger partial charge in [0.25, 0.3) is 0 Å². The second-order valence-corrected chi connectivity index (χ2v) is 13.8. The van der Waals surface area contributed by atoms with Gasteiger partial charge in [-0.05, 0) is 97.9 Å². The van der Waals surface area contributed by atoms with Crippen LogP contribution in [0.3, 0.4) is 0 Å². The zero-order valence-electron chi connectivity index (χ0n) is 27.4. The molecule has 0 amide bonds. The number of hydrogen-bond donors (Lipinski definition) is 0. The Kier molecular flexibility index (Phi) is 5.95. The lowest BCUT2D eigenvalue weighted by atomic mass is 9.82. The van der Waals surface area contributed by atoms with Crippen molar-refractivity contribution >= 4 is 60.5 Å². The quantitative estimate of drug-likeness (QED) is 0.193. The van der Waals surface area contributed by atoms with E-state index in [0.717, 1.165) is 50.1 Å². The molecular weight excluding hydrogens is 595 g/mol. The number of anilines is 3. The molecule has 0 spiro atoms. The molecule has 9 aromatic rings. The lowest BCUT2D eigenvalue weighted by Crippen LogP contribution is -2.17. The average Bonchev–Trinajstić information content (AvgIpc) is 3.62. The zero-order chi connectivity index (χ0) is 32.7. The van der Waals surface area contributed by atoms with Gasteiger partial charge in [0.1, 0.15) is 11.2 Å². The first-order chi connectivity index (χ1) is 24.0. The lowest BCUT2D eigenvalue weighted by Gasteiger charge is -2.30. The summed E-state index contributed by atoms with van der Waals surface area (Å²) in [7, 11) is 0. The van der Waals surface area contributed by atoms with Crippen LogP contribution in [0.4, 0.5) is 17.1 Å². The van der Waals surface area contributed by atoms with Crippen LogP contribution < -0.4 is 4.90 Å². The summed E-state index contributed by atoms with van der Waals surface area (Å²) in [4.78, 5) is 2.45. The summed E-state index contributed by atoms with van der Waals surface area (Å²) >= 11 is 0. The van der Waals surface area contributed by atoms with Gasteiger partial charge < -0.3 is 9.32 Å². The van der Waals surface area contributed by atoms with Crippen molar-refractivity contribution in [2.75, 3.05) is 4.90 Å². The SMILES string of the molecule is CC1(C)c2ccccc2-c2ccc(N(c3ccc4ccccc4c3)c3ccc4oc5cc6ccccc6cc5c4c3-c3ccccc3)cc21. The van der Waals surface area contributed by atoms with E-state index in [1.165, 1.54) is 43.8 Å². The summed E-state index contributed by atoms with van der Waals surface area (Å²) in [6, 6.07) is 59.5. The highest BCUT2D eigenvalue weighted by atomic mass is 16.3. The number of benzene rings is 8. The van der Waals surface area contributed by atoms with Gasteiger partial charge in [-0.25, -0.2) is 0 Å². The molecule has 49 heavy (non-hydrogen) atoms. The molecule has 0 unspecified atom stereocenters. The molecule has 1 aliphatic rings. The van der Waals surface area contributed by atoms with Gasteiger partial charge in [0.2, 0.25) is 0 Å². The summed E-state index contributed by atoms with van der Waals surface area (Å²) in [5.74, 6) is 0. The van der Waals surface area contributed by atoms with E-state index in [-0.39, 0.29) is 5.41 Å². The van der Waals surface area contributed by atoms with Crippen LogP contribution in [0.1, 0.15) is 25.0 Å². The van der Waals surface area contributed by atoms with Gasteiger partial charge in [0.05, 0.1) is 5.69 Å². The third-order valence-electron chi connectivity index (χ3n) is 10.6. The molecule has 2 heteroatoms. The van der Waals surface area contributed by atoms with Crippen LogP contribution in [0.15, 0.2) is 168 Å².